The van der Waals surface area contributed by atoms with Gasteiger partial charge in [0, 0.05) is 3.57 Å². The number of halogens is 2. The quantitative estimate of drug-likeness (QED) is 0.749. The lowest BCUT2D eigenvalue weighted by Crippen LogP contribution is -2.43. The summed E-state index contributed by atoms with van der Waals surface area (Å²) in [6, 6.07) is 5.69. The summed E-state index contributed by atoms with van der Waals surface area (Å²) < 4.78 is 7.67. The Kier molecular flexibility index (Phi) is 4.21. The van der Waals surface area contributed by atoms with Gasteiger partial charge in [-0.1, -0.05) is 6.07 Å². The summed E-state index contributed by atoms with van der Waals surface area (Å²) in [6.45, 7) is 3.32. The zero-order valence-corrected chi connectivity index (χ0v) is 12.7. The Balaban J connectivity index is 3.00. The van der Waals surface area contributed by atoms with Crippen molar-refractivity contribution in [1.82, 2.24) is 0 Å². The van der Waals surface area contributed by atoms with Crippen LogP contribution in [0.2, 0.25) is 0 Å². The molecule has 0 atom stereocenters. The molecule has 0 bridgehead atoms. The molecule has 82 valence electrons. The van der Waals surface area contributed by atoms with Crippen LogP contribution in [0.15, 0.2) is 18.2 Å². The lowest BCUT2D eigenvalue weighted by Gasteiger charge is -2.23. The van der Waals surface area contributed by atoms with Crippen LogP contribution in [0.1, 0.15) is 13.8 Å². The minimum Gasteiger partial charge on any atom is -0.477 e. The van der Waals surface area contributed by atoms with Crippen LogP contribution in [0, 0.1) is 7.14 Å². The van der Waals surface area contributed by atoms with Gasteiger partial charge in [-0.2, -0.15) is 0 Å². The average Bonchev–Trinajstić information content (AvgIpc) is 2.12. The molecule has 1 aromatic carbocycles. The van der Waals surface area contributed by atoms with Crippen LogP contribution in [0.4, 0.5) is 0 Å². The molecule has 0 unspecified atom stereocenters. The molecule has 0 saturated heterocycles. The Labute approximate surface area is 116 Å². The summed E-state index contributed by atoms with van der Waals surface area (Å²) in [5, 5.41) is 0. The molecule has 3 nitrogen and oxygen atoms in total. The van der Waals surface area contributed by atoms with Crippen molar-refractivity contribution >= 4 is 51.1 Å². The summed E-state index contributed by atoms with van der Waals surface area (Å²) in [5.74, 6) is 0.212. The number of hydrogen-bond donors (Lipinski definition) is 1. The van der Waals surface area contributed by atoms with Crippen LogP contribution in [0.5, 0.6) is 5.75 Å². The number of primary amides is 1. The third kappa shape index (κ3) is 3.20. The van der Waals surface area contributed by atoms with E-state index in [1.165, 1.54) is 0 Å². The van der Waals surface area contributed by atoms with Gasteiger partial charge < -0.3 is 10.5 Å². The third-order valence-corrected chi connectivity index (χ3v) is 4.92. The van der Waals surface area contributed by atoms with Gasteiger partial charge >= 0.3 is 0 Å². The fourth-order valence-electron chi connectivity index (χ4n) is 0.888. The second-order valence-corrected chi connectivity index (χ2v) is 5.77. The maximum absolute atomic E-state index is 11.1. The molecule has 0 spiro atoms. The van der Waals surface area contributed by atoms with Crippen LogP contribution in [-0.4, -0.2) is 11.5 Å². The number of rotatable bonds is 3. The molecule has 1 aromatic rings. The van der Waals surface area contributed by atoms with E-state index in [0.29, 0.717) is 5.75 Å². The highest BCUT2D eigenvalue weighted by molar-refractivity contribution is 14.1. The topological polar surface area (TPSA) is 52.3 Å². The summed E-state index contributed by atoms with van der Waals surface area (Å²) in [4.78, 5) is 11.1. The highest BCUT2D eigenvalue weighted by Crippen LogP contribution is 2.28. The lowest BCUT2D eigenvalue weighted by molar-refractivity contribution is -0.130. The van der Waals surface area contributed by atoms with E-state index in [2.05, 4.69) is 45.2 Å². The highest BCUT2D eigenvalue weighted by atomic mass is 127. The van der Waals surface area contributed by atoms with Crippen LogP contribution in [0.25, 0.3) is 0 Å². The average molecular weight is 431 g/mol. The van der Waals surface area contributed by atoms with Gasteiger partial charge in [0.2, 0.25) is 0 Å². The Hall–Kier alpha value is -0.0500. The predicted octanol–water partition coefficient (Wildman–Crippen LogP) is 2.54. The summed E-state index contributed by atoms with van der Waals surface area (Å²) in [6.07, 6.45) is 0. The van der Waals surface area contributed by atoms with Crippen molar-refractivity contribution in [2.24, 2.45) is 5.73 Å². The molecule has 0 aromatic heterocycles. The minimum atomic E-state index is -0.982. The number of ether oxygens (including phenoxy) is 1. The molecule has 5 heteroatoms. The first-order valence-electron chi connectivity index (χ1n) is 4.27. The largest absolute Gasteiger partial charge is 0.477 e. The first-order chi connectivity index (χ1) is 6.84. The molecule has 0 aliphatic carbocycles. The van der Waals surface area contributed by atoms with Crippen LogP contribution < -0.4 is 10.5 Å². The van der Waals surface area contributed by atoms with Gasteiger partial charge in [0.1, 0.15) is 5.75 Å². The second-order valence-electron chi connectivity index (χ2n) is 3.53. The molecule has 1 rings (SSSR count). The molecule has 0 fully saturated rings. The van der Waals surface area contributed by atoms with E-state index >= 15 is 0 Å². The Morgan fingerprint density at radius 1 is 1.40 bits per heavy atom. The second kappa shape index (κ2) is 4.86. The molecule has 1 amide bonds. The number of carbonyl (C=O) groups is 1. The fourth-order valence-corrected chi connectivity index (χ4v) is 1.83. The lowest BCUT2D eigenvalue weighted by atomic mass is 10.1. The van der Waals surface area contributed by atoms with Gasteiger partial charge in [0.25, 0.3) is 5.91 Å². The van der Waals surface area contributed by atoms with Crippen molar-refractivity contribution < 1.29 is 9.53 Å². The standard InChI is InChI=1S/C10H11I2NO2/c1-10(2,9(13)14)15-7-5-3-4-6(11)8(7)12/h3-5H,1-2H3,(H2,13,14). The van der Waals surface area contributed by atoms with Gasteiger partial charge in [0.15, 0.2) is 5.60 Å². The van der Waals surface area contributed by atoms with Crippen molar-refractivity contribution in [3.05, 3.63) is 25.3 Å². The molecule has 0 saturated carbocycles. The molecule has 15 heavy (non-hydrogen) atoms. The number of hydrogen-bond acceptors (Lipinski definition) is 2. The third-order valence-electron chi connectivity index (χ3n) is 1.87. The Bertz CT molecular complexity index is 391. The van der Waals surface area contributed by atoms with E-state index in [1.54, 1.807) is 13.8 Å². The summed E-state index contributed by atoms with van der Waals surface area (Å²) in [7, 11) is 0. The van der Waals surface area contributed by atoms with E-state index in [1.807, 2.05) is 18.2 Å². The molecular weight excluding hydrogens is 420 g/mol. The van der Waals surface area contributed by atoms with Crippen LogP contribution in [0.3, 0.4) is 0 Å². The number of nitrogens with two attached hydrogens (primary N) is 1. The number of carbonyl (C=O) groups excluding carboxylic acids is 1. The predicted molar refractivity (Wildman–Crippen MR) is 75.8 cm³/mol. The summed E-state index contributed by atoms with van der Waals surface area (Å²) in [5.41, 5.74) is 4.26. The zero-order chi connectivity index (χ0) is 11.6. The Morgan fingerprint density at radius 3 is 2.53 bits per heavy atom. The van der Waals surface area contributed by atoms with Crippen LogP contribution >= 0.6 is 45.2 Å². The number of amides is 1. The molecule has 0 radical (unpaired) electrons. The van der Waals surface area contributed by atoms with Gasteiger partial charge in [-0.25, -0.2) is 0 Å². The van der Waals surface area contributed by atoms with Crippen molar-refractivity contribution in [1.29, 1.82) is 0 Å². The molecule has 0 aliphatic heterocycles. The maximum atomic E-state index is 11.1. The van der Waals surface area contributed by atoms with Crippen molar-refractivity contribution in [2.75, 3.05) is 0 Å². The first kappa shape index (κ1) is 13.0. The van der Waals surface area contributed by atoms with Gasteiger partial charge in [-0.05, 0) is 71.2 Å². The van der Waals surface area contributed by atoms with Crippen molar-refractivity contribution in [2.45, 2.75) is 19.4 Å². The highest BCUT2D eigenvalue weighted by Gasteiger charge is 2.27. The van der Waals surface area contributed by atoms with Gasteiger partial charge in [0.05, 0.1) is 3.57 Å². The van der Waals surface area contributed by atoms with Gasteiger partial charge in [-0.3, -0.25) is 4.79 Å². The Morgan fingerprint density at radius 2 is 2.00 bits per heavy atom. The SMILES string of the molecule is CC(C)(Oc1cccc(I)c1I)C(N)=O. The normalized spacial score (nSPS) is 11.2. The van der Waals surface area contributed by atoms with Crippen molar-refractivity contribution in [3.8, 4) is 5.75 Å². The van der Waals surface area contributed by atoms with Gasteiger partial charge in [-0.15, -0.1) is 0 Å². The van der Waals surface area contributed by atoms with Crippen molar-refractivity contribution in [3.63, 3.8) is 0 Å². The first-order valence-corrected chi connectivity index (χ1v) is 6.43. The molecular formula is C10H11I2NO2. The maximum Gasteiger partial charge on any atom is 0.261 e. The minimum absolute atomic E-state index is 0.475. The van der Waals surface area contributed by atoms with E-state index in [0.717, 1.165) is 7.14 Å². The monoisotopic (exact) mass is 431 g/mol. The van der Waals surface area contributed by atoms with E-state index in [4.69, 9.17) is 10.5 Å². The smallest absolute Gasteiger partial charge is 0.261 e. The van der Waals surface area contributed by atoms with E-state index in [9.17, 15) is 4.79 Å². The molecule has 0 aliphatic rings. The van der Waals surface area contributed by atoms with Crippen LogP contribution in [-0.2, 0) is 4.79 Å². The van der Waals surface area contributed by atoms with E-state index in [-0.39, 0.29) is 0 Å². The van der Waals surface area contributed by atoms with E-state index < -0.39 is 11.5 Å². The summed E-state index contributed by atoms with van der Waals surface area (Å²) >= 11 is 4.40. The zero-order valence-electron chi connectivity index (χ0n) is 8.38. The molecule has 2 N–H and O–H groups in total. The number of benzene rings is 1. The molecule has 0 heterocycles. The fraction of sp³-hybridized carbons (Fsp3) is 0.300.